The smallest absolute Gasteiger partial charge is 0.464 e. The fourth-order valence-electron chi connectivity index (χ4n) is 6.90. The van der Waals surface area contributed by atoms with Crippen LogP contribution in [-0.4, -0.2) is 87.4 Å². The number of sulfonamides is 1. The van der Waals surface area contributed by atoms with Crippen LogP contribution >= 0.6 is 0 Å². The Kier molecular flexibility index (Phi) is 15.7. The number of imide groups is 1. The summed E-state index contributed by atoms with van der Waals surface area (Å²) in [5, 5.41) is 6.75. The Bertz CT molecular complexity index is 1620. The minimum atomic E-state index is -3.62. The number of nitrogens with zero attached hydrogens (tertiary/aromatic N) is 3. The number of nitrogens with one attached hydrogen (secondary N) is 3. The number of rotatable bonds is 10. The fourth-order valence-corrected chi connectivity index (χ4v) is 8.44. The third-order valence-electron chi connectivity index (χ3n) is 9.35. The molecule has 5 rings (SSSR count). The molecule has 2 aromatic rings. The van der Waals surface area contributed by atoms with Crippen molar-refractivity contribution in [3.8, 4) is 0 Å². The van der Waals surface area contributed by atoms with Gasteiger partial charge in [-0.3, -0.25) is 5.43 Å². The quantitative estimate of drug-likeness (QED) is 0.189. The van der Waals surface area contributed by atoms with Crippen molar-refractivity contribution in [1.29, 1.82) is 0 Å². The van der Waals surface area contributed by atoms with Crippen LogP contribution in [0.4, 0.5) is 10.5 Å². The number of hydrogen-bond acceptors (Lipinski definition) is 9. The Morgan fingerprint density at radius 1 is 1.02 bits per heavy atom. The number of likely N-dealkylation sites (tertiary alicyclic amines) is 1. The molecule has 282 valence electrons. The molecule has 0 aromatic heterocycles. The van der Waals surface area contributed by atoms with Gasteiger partial charge in [-0.15, -0.1) is 12.6 Å². The molecule has 2 saturated heterocycles. The normalized spacial score (nSPS) is 17.5. The van der Waals surface area contributed by atoms with E-state index in [9.17, 15) is 22.8 Å². The van der Waals surface area contributed by atoms with E-state index in [1.807, 2.05) is 45.5 Å². The number of carbonyl (C=O) groups is 2. The molecule has 3 N–H and O–H groups in total. The monoisotopic (exact) mass is 730 g/mol. The molecule has 0 saturated carbocycles. The van der Waals surface area contributed by atoms with Gasteiger partial charge in [0, 0.05) is 38.6 Å². The molecule has 0 unspecified atom stereocenters. The molecule has 0 spiro atoms. The zero-order valence-electron chi connectivity index (χ0n) is 32.0. The van der Waals surface area contributed by atoms with Gasteiger partial charge in [0.2, 0.25) is 10.0 Å². The fraction of sp³-hybridized carbons (Fsp3) is 0.553. The molecule has 0 aliphatic carbocycles. The van der Waals surface area contributed by atoms with E-state index in [-0.39, 0.29) is 36.7 Å². The van der Waals surface area contributed by atoms with Crippen LogP contribution in [0.2, 0.25) is 0 Å². The summed E-state index contributed by atoms with van der Waals surface area (Å²) in [4.78, 5) is 34.3. The first-order valence-electron chi connectivity index (χ1n) is 17.7. The first kappa shape index (κ1) is 43.4. The zero-order chi connectivity index (χ0) is 37.4. The van der Waals surface area contributed by atoms with Crippen LogP contribution in [0.25, 0.3) is 0 Å². The molecule has 3 amide bonds. The molecule has 2 fully saturated rings. The average Bonchev–Trinajstić information content (AvgIpc) is 3.44. The summed E-state index contributed by atoms with van der Waals surface area (Å²) in [5.41, 5.74) is 7.64. The molecule has 0 bridgehead atoms. The molecule has 52 heavy (non-hydrogen) atoms. The number of amides is 3. The summed E-state index contributed by atoms with van der Waals surface area (Å²) in [5.74, 6) is 0.170. The van der Waals surface area contributed by atoms with Gasteiger partial charge in [-0.05, 0) is 101 Å². The van der Waals surface area contributed by atoms with E-state index in [4.69, 9.17) is 4.74 Å². The van der Waals surface area contributed by atoms with Crippen molar-refractivity contribution in [2.24, 2.45) is 5.41 Å². The number of fused-ring (bicyclic) bond motifs is 1. The minimum absolute atomic E-state index is 0. The van der Waals surface area contributed by atoms with E-state index in [2.05, 4.69) is 66.7 Å². The van der Waals surface area contributed by atoms with Gasteiger partial charge in [-0.1, -0.05) is 37.6 Å². The molecular formula is C38H55LiN6O6S-2. The summed E-state index contributed by atoms with van der Waals surface area (Å²) in [6.07, 6.45) is 5.06. The SMILES string of the molecule is CN1N[CH-]c2ccc(C3CCN(CC(C)(C)Cc4cccc(S(=O)(=O)N5CCC(NC(=O)OC(C)(C)C)CC5)c4)CC3)cc21.[CH2-]CC(=O)N[C-]=O.[Li+]. The molecular weight excluding hydrogens is 675 g/mol. The van der Waals surface area contributed by atoms with Gasteiger partial charge in [-0.25, -0.2) is 13.2 Å². The second-order valence-electron chi connectivity index (χ2n) is 15.4. The molecule has 0 atom stereocenters. The third kappa shape index (κ3) is 12.5. The zero-order valence-corrected chi connectivity index (χ0v) is 32.8. The van der Waals surface area contributed by atoms with Gasteiger partial charge in [0.1, 0.15) is 5.60 Å². The third-order valence-corrected chi connectivity index (χ3v) is 11.2. The minimum Gasteiger partial charge on any atom is -0.464 e. The maximum atomic E-state index is 13.6. The molecule has 3 aliphatic heterocycles. The number of piperidine rings is 2. The number of anilines is 1. The van der Waals surface area contributed by atoms with Crippen molar-refractivity contribution < 1.29 is 46.4 Å². The number of ether oxygens (including phenoxy) is 1. The number of hydrogen-bond donors (Lipinski definition) is 3. The van der Waals surface area contributed by atoms with Gasteiger partial charge < -0.3 is 41.8 Å². The van der Waals surface area contributed by atoms with Crippen LogP contribution in [0.5, 0.6) is 0 Å². The molecule has 14 heteroatoms. The van der Waals surface area contributed by atoms with Crippen LogP contribution in [0, 0.1) is 18.9 Å². The maximum absolute atomic E-state index is 13.6. The van der Waals surface area contributed by atoms with E-state index >= 15 is 0 Å². The van der Waals surface area contributed by atoms with Crippen molar-refractivity contribution in [3.63, 3.8) is 0 Å². The van der Waals surface area contributed by atoms with Crippen LogP contribution < -0.4 is 39.9 Å². The largest absolute Gasteiger partial charge is 1.00 e. The molecule has 12 nitrogen and oxygen atoms in total. The van der Waals surface area contributed by atoms with Crippen molar-refractivity contribution in [3.05, 3.63) is 72.6 Å². The van der Waals surface area contributed by atoms with Gasteiger partial charge in [0.15, 0.2) is 0 Å². The summed E-state index contributed by atoms with van der Waals surface area (Å²) >= 11 is 0. The second kappa shape index (κ2) is 18.8. The van der Waals surface area contributed by atoms with E-state index in [0.717, 1.165) is 44.5 Å². The number of benzene rings is 2. The van der Waals surface area contributed by atoms with Crippen molar-refractivity contribution >= 4 is 34.1 Å². The number of alkyl carbamates (subject to hydrolysis) is 1. The van der Waals surface area contributed by atoms with Crippen LogP contribution in [0.1, 0.15) is 89.3 Å². The van der Waals surface area contributed by atoms with Gasteiger partial charge >= 0.3 is 25.0 Å². The molecule has 3 aliphatic rings. The summed E-state index contributed by atoms with van der Waals surface area (Å²) in [7, 11) is -1.56. The van der Waals surface area contributed by atoms with Crippen LogP contribution in [-0.2, 0) is 30.8 Å². The summed E-state index contributed by atoms with van der Waals surface area (Å²) < 4.78 is 34.0. The molecule has 2 aromatic carbocycles. The Morgan fingerprint density at radius 3 is 2.29 bits per heavy atom. The topological polar surface area (TPSA) is 140 Å². The van der Waals surface area contributed by atoms with Crippen LogP contribution in [0.15, 0.2) is 47.4 Å². The number of hydrazine groups is 1. The standard InChI is InChI=1S/C34H50N5O4S.C4H5NO2.Li/c1-33(2,3)43-32(40)36-29-14-18-39(19-15-29)44(41,42)30-9-7-8-25(20-30)22-34(4,5)24-38-16-12-26(13-17-38)27-10-11-28-23-35-37(6)31(28)21-27;1-2-4(7)5-3-6;/h7-11,20-21,23,26,29,35H,12-19,22,24H2,1-6H3,(H,36,40);1-2H2,(H,5,6,7);/q-1;-2;+1. The number of carbonyl (C=O) groups excluding carboxylic acids is 3. The summed E-state index contributed by atoms with van der Waals surface area (Å²) in [6.45, 7) is 19.1. The first-order chi connectivity index (χ1) is 24.0. The van der Waals surface area contributed by atoms with E-state index in [0.29, 0.717) is 36.7 Å². The Labute approximate surface area is 323 Å². The Morgan fingerprint density at radius 2 is 1.69 bits per heavy atom. The van der Waals surface area contributed by atoms with Crippen molar-refractivity contribution in [2.75, 3.05) is 44.8 Å². The van der Waals surface area contributed by atoms with Gasteiger partial charge in [-0.2, -0.15) is 22.4 Å². The van der Waals surface area contributed by atoms with E-state index in [1.165, 1.54) is 23.2 Å². The van der Waals surface area contributed by atoms with Gasteiger partial charge in [0.05, 0.1) is 11.3 Å². The Hall–Kier alpha value is -3.05. The van der Waals surface area contributed by atoms with E-state index < -0.39 is 27.6 Å². The van der Waals surface area contributed by atoms with E-state index in [1.54, 1.807) is 15.7 Å². The predicted octanol–water partition coefficient (Wildman–Crippen LogP) is 1.67. The van der Waals surface area contributed by atoms with Crippen LogP contribution in [0.3, 0.4) is 0 Å². The molecule has 0 radical (unpaired) electrons. The van der Waals surface area contributed by atoms with Crippen molar-refractivity contribution in [2.45, 2.75) is 95.6 Å². The van der Waals surface area contributed by atoms with Gasteiger partial charge in [0.25, 0.3) is 0 Å². The maximum Gasteiger partial charge on any atom is 1.00 e. The molecule has 3 heterocycles. The predicted molar refractivity (Wildman–Crippen MR) is 199 cm³/mol. The average molecular weight is 731 g/mol. The van der Waals surface area contributed by atoms with Crippen molar-refractivity contribution in [1.82, 2.24) is 25.3 Å². The second-order valence-corrected chi connectivity index (χ2v) is 17.4. The Balaban J connectivity index is 0.000000828. The first-order valence-corrected chi connectivity index (χ1v) is 19.2. The summed E-state index contributed by atoms with van der Waals surface area (Å²) in [6, 6.07) is 14.2.